The van der Waals surface area contributed by atoms with Crippen LogP contribution in [0.3, 0.4) is 0 Å². The topological polar surface area (TPSA) is 50.4 Å². The lowest BCUT2D eigenvalue weighted by atomic mass is 9.76. The highest BCUT2D eigenvalue weighted by molar-refractivity contribution is 6.02. The molecule has 14 heavy (non-hydrogen) atoms. The van der Waals surface area contributed by atoms with Gasteiger partial charge in [0, 0.05) is 18.3 Å². The summed E-state index contributed by atoms with van der Waals surface area (Å²) in [5, 5.41) is 16.5. The van der Waals surface area contributed by atoms with Crippen LogP contribution < -0.4 is 0 Å². The van der Waals surface area contributed by atoms with Gasteiger partial charge in [-0.25, -0.2) is 0 Å². The van der Waals surface area contributed by atoms with Crippen molar-refractivity contribution in [3.05, 3.63) is 17.5 Å². The lowest BCUT2D eigenvalue weighted by Gasteiger charge is -2.29. The maximum atomic E-state index is 8.93. The number of hydrogen-bond donors (Lipinski definition) is 1. The van der Waals surface area contributed by atoms with Crippen LogP contribution in [0.15, 0.2) is 11.4 Å². The second kappa shape index (κ2) is 2.83. The Morgan fingerprint density at radius 2 is 2.21 bits per heavy atom. The van der Waals surface area contributed by atoms with Crippen molar-refractivity contribution in [3.63, 3.8) is 0 Å². The fourth-order valence-electron chi connectivity index (χ4n) is 2.07. The molecule has 0 radical (unpaired) electrons. The van der Waals surface area contributed by atoms with Crippen LogP contribution in [0.2, 0.25) is 0 Å². The molecular weight excluding hydrogens is 178 g/mol. The molecule has 0 amide bonds. The van der Waals surface area contributed by atoms with Crippen LogP contribution in [0.25, 0.3) is 0 Å². The van der Waals surface area contributed by atoms with Crippen LogP contribution >= 0.6 is 0 Å². The molecule has 0 bridgehead atoms. The van der Waals surface area contributed by atoms with Gasteiger partial charge in [-0.2, -0.15) is 5.10 Å². The highest BCUT2D eigenvalue weighted by Gasteiger charge is 2.32. The van der Waals surface area contributed by atoms with Gasteiger partial charge in [0.2, 0.25) is 0 Å². The van der Waals surface area contributed by atoms with E-state index in [0.717, 1.165) is 29.8 Å². The van der Waals surface area contributed by atoms with E-state index < -0.39 is 0 Å². The van der Waals surface area contributed by atoms with Gasteiger partial charge in [0.1, 0.15) is 0 Å². The van der Waals surface area contributed by atoms with Gasteiger partial charge >= 0.3 is 0 Å². The van der Waals surface area contributed by atoms with Crippen LogP contribution in [0.5, 0.6) is 0 Å². The van der Waals surface area contributed by atoms with E-state index in [9.17, 15) is 0 Å². The summed E-state index contributed by atoms with van der Waals surface area (Å²) in [6, 6.07) is 0. The molecule has 1 aliphatic carbocycles. The van der Waals surface area contributed by atoms with Crippen molar-refractivity contribution in [2.45, 2.75) is 26.7 Å². The van der Waals surface area contributed by atoms with E-state index in [4.69, 9.17) is 5.21 Å². The van der Waals surface area contributed by atoms with E-state index in [2.05, 4.69) is 24.1 Å². The molecule has 0 aromatic carbocycles. The number of aryl methyl sites for hydroxylation is 1. The minimum absolute atomic E-state index is 0.155. The van der Waals surface area contributed by atoms with Gasteiger partial charge in [-0.15, -0.1) is 0 Å². The van der Waals surface area contributed by atoms with E-state index in [1.54, 1.807) is 6.20 Å². The van der Waals surface area contributed by atoms with Crippen LogP contribution in [-0.2, 0) is 13.5 Å². The number of oxime groups is 1. The first-order valence-corrected chi connectivity index (χ1v) is 4.76. The Morgan fingerprint density at radius 1 is 1.50 bits per heavy atom. The monoisotopic (exact) mass is 193 g/mol. The SMILES string of the molecule is Cn1ncc2c1CC(C)(C)C/C2=N\O. The molecule has 0 atom stereocenters. The maximum Gasteiger partial charge on any atom is 0.0907 e. The Bertz CT molecular complexity index is 390. The third-order valence-electron chi connectivity index (χ3n) is 2.79. The van der Waals surface area contributed by atoms with Gasteiger partial charge < -0.3 is 5.21 Å². The largest absolute Gasteiger partial charge is 0.411 e. The third-order valence-corrected chi connectivity index (χ3v) is 2.79. The molecule has 1 heterocycles. The Morgan fingerprint density at radius 3 is 2.86 bits per heavy atom. The summed E-state index contributed by atoms with van der Waals surface area (Å²) >= 11 is 0. The number of nitrogens with zero attached hydrogens (tertiary/aromatic N) is 3. The molecule has 1 aromatic heterocycles. The van der Waals surface area contributed by atoms with Crippen LogP contribution in [-0.4, -0.2) is 20.7 Å². The Balaban J connectivity index is 2.54. The highest BCUT2D eigenvalue weighted by Crippen LogP contribution is 2.34. The fourth-order valence-corrected chi connectivity index (χ4v) is 2.07. The van der Waals surface area contributed by atoms with Crippen molar-refractivity contribution < 1.29 is 5.21 Å². The van der Waals surface area contributed by atoms with Gasteiger partial charge in [0.05, 0.1) is 11.9 Å². The fraction of sp³-hybridized carbons (Fsp3) is 0.600. The molecule has 2 rings (SSSR count). The van der Waals surface area contributed by atoms with Gasteiger partial charge in [-0.3, -0.25) is 4.68 Å². The molecule has 4 nitrogen and oxygen atoms in total. The second-order valence-corrected chi connectivity index (χ2v) is 4.69. The predicted octanol–water partition coefficient (Wildman–Crippen LogP) is 1.57. The van der Waals surface area contributed by atoms with Gasteiger partial charge in [-0.1, -0.05) is 19.0 Å². The summed E-state index contributed by atoms with van der Waals surface area (Å²) in [4.78, 5) is 0. The zero-order chi connectivity index (χ0) is 10.3. The molecule has 0 saturated heterocycles. The summed E-state index contributed by atoms with van der Waals surface area (Å²) in [6.07, 6.45) is 3.57. The van der Waals surface area contributed by atoms with Crippen molar-refractivity contribution in [2.24, 2.45) is 17.6 Å². The van der Waals surface area contributed by atoms with E-state index in [0.29, 0.717) is 0 Å². The smallest absolute Gasteiger partial charge is 0.0907 e. The van der Waals surface area contributed by atoms with Crippen molar-refractivity contribution in [3.8, 4) is 0 Å². The number of aromatic nitrogens is 2. The Kier molecular flexibility index (Phi) is 1.87. The standard InChI is InChI=1S/C10H15N3O/c1-10(2)4-8(12-14)7-6-11-13(3)9(7)5-10/h6,14H,4-5H2,1-3H3/b12-8+. The molecule has 76 valence electrons. The van der Waals surface area contributed by atoms with Crippen molar-refractivity contribution in [1.82, 2.24) is 9.78 Å². The average Bonchev–Trinajstić information content (AvgIpc) is 2.45. The minimum atomic E-state index is 0.155. The molecule has 0 unspecified atom stereocenters. The summed E-state index contributed by atoms with van der Waals surface area (Å²) < 4.78 is 1.86. The minimum Gasteiger partial charge on any atom is -0.411 e. The number of fused-ring (bicyclic) bond motifs is 1. The molecule has 4 heteroatoms. The van der Waals surface area contributed by atoms with E-state index >= 15 is 0 Å². The first kappa shape index (κ1) is 9.24. The lowest BCUT2D eigenvalue weighted by molar-refractivity contribution is 0.305. The zero-order valence-corrected chi connectivity index (χ0v) is 8.78. The second-order valence-electron chi connectivity index (χ2n) is 4.69. The molecule has 0 spiro atoms. The average molecular weight is 193 g/mol. The third kappa shape index (κ3) is 1.31. The quantitative estimate of drug-likeness (QED) is 0.502. The molecular formula is C10H15N3O. The van der Waals surface area contributed by atoms with Gasteiger partial charge in [-0.05, 0) is 18.3 Å². The highest BCUT2D eigenvalue weighted by atomic mass is 16.4. The molecule has 0 fully saturated rings. The van der Waals surface area contributed by atoms with Crippen LogP contribution in [0.4, 0.5) is 0 Å². The molecule has 0 saturated carbocycles. The first-order valence-electron chi connectivity index (χ1n) is 4.76. The maximum absolute atomic E-state index is 8.93. The normalized spacial score (nSPS) is 22.4. The summed E-state index contributed by atoms with van der Waals surface area (Å²) in [7, 11) is 1.93. The van der Waals surface area contributed by atoms with Gasteiger partial charge in [0.15, 0.2) is 0 Å². The number of hydrogen-bond acceptors (Lipinski definition) is 3. The van der Waals surface area contributed by atoms with Crippen LogP contribution in [0, 0.1) is 5.41 Å². The van der Waals surface area contributed by atoms with E-state index in [-0.39, 0.29) is 5.41 Å². The molecule has 1 aromatic rings. The summed E-state index contributed by atoms with van der Waals surface area (Å²) in [5.41, 5.74) is 3.07. The summed E-state index contributed by atoms with van der Waals surface area (Å²) in [6.45, 7) is 4.35. The van der Waals surface area contributed by atoms with Crippen molar-refractivity contribution in [2.75, 3.05) is 0 Å². The van der Waals surface area contributed by atoms with E-state index in [1.807, 2.05) is 11.7 Å². The van der Waals surface area contributed by atoms with Crippen LogP contribution in [0.1, 0.15) is 31.5 Å². The first-order chi connectivity index (χ1) is 6.53. The Labute approximate surface area is 83.2 Å². The van der Waals surface area contributed by atoms with Gasteiger partial charge in [0.25, 0.3) is 0 Å². The van der Waals surface area contributed by atoms with Crippen molar-refractivity contribution >= 4 is 5.71 Å². The molecule has 1 N–H and O–H groups in total. The lowest BCUT2D eigenvalue weighted by Crippen LogP contribution is -2.28. The predicted molar refractivity (Wildman–Crippen MR) is 53.6 cm³/mol. The Hall–Kier alpha value is -1.32. The summed E-state index contributed by atoms with van der Waals surface area (Å²) in [5.74, 6) is 0. The number of rotatable bonds is 0. The zero-order valence-electron chi connectivity index (χ0n) is 8.78. The van der Waals surface area contributed by atoms with E-state index in [1.165, 1.54) is 0 Å². The molecule has 1 aliphatic rings. The molecule has 0 aliphatic heterocycles. The van der Waals surface area contributed by atoms with Crippen molar-refractivity contribution in [1.29, 1.82) is 0 Å².